The van der Waals surface area contributed by atoms with Gasteiger partial charge in [0.2, 0.25) is 0 Å². The number of halogens is 1. The van der Waals surface area contributed by atoms with E-state index in [-0.39, 0.29) is 11.4 Å². The van der Waals surface area contributed by atoms with Crippen LogP contribution in [0.1, 0.15) is 44.2 Å². The van der Waals surface area contributed by atoms with Gasteiger partial charge in [-0.25, -0.2) is 4.39 Å². The zero-order chi connectivity index (χ0) is 13.5. The molecule has 1 N–H and O–H groups in total. The third-order valence-electron chi connectivity index (χ3n) is 4.17. The Kier molecular flexibility index (Phi) is 3.37. The molecule has 2 rings (SSSR count). The van der Waals surface area contributed by atoms with Gasteiger partial charge in [-0.1, -0.05) is 6.92 Å². The third-order valence-corrected chi connectivity index (χ3v) is 4.17. The first kappa shape index (κ1) is 13.3. The van der Waals surface area contributed by atoms with Crippen molar-refractivity contribution in [2.24, 2.45) is 0 Å². The molecule has 1 aromatic carbocycles. The monoisotopic (exact) mass is 250 g/mol. The molecule has 0 aromatic heterocycles. The first-order chi connectivity index (χ1) is 8.36. The lowest BCUT2D eigenvalue weighted by molar-refractivity contribution is 0.393. The van der Waals surface area contributed by atoms with Gasteiger partial charge in [0.05, 0.1) is 0 Å². The summed E-state index contributed by atoms with van der Waals surface area (Å²) in [5, 5.41) is 3.02. The lowest BCUT2D eigenvalue weighted by Crippen LogP contribution is -2.45. The van der Waals surface area contributed by atoms with Gasteiger partial charge in [0.1, 0.15) is 5.82 Å². The summed E-state index contributed by atoms with van der Waals surface area (Å²) in [6.45, 7) is 7.24. The van der Waals surface area contributed by atoms with Crippen LogP contribution in [0.3, 0.4) is 0 Å². The van der Waals surface area contributed by atoms with Gasteiger partial charge in [-0.05, 0) is 50.9 Å². The quantitative estimate of drug-likeness (QED) is 0.866. The molecule has 0 saturated carbocycles. The van der Waals surface area contributed by atoms with E-state index < -0.39 is 0 Å². The first-order valence-electron chi connectivity index (χ1n) is 6.57. The fourth-order valence-corrected chi connectivity index (χ4v) is 2.96. The summed E-state index contributed by atoms with van der Waals surface area (Å²) in [6.07, 6.45) is 1.10. The van der Waals surface area contributed by atoms with Gasteiger partial charge in [-0.2, -0.15) is 0 Å². The highest BCUT2D eigenvalue weighted by atomic mass is 19.1. The maximum atomic E-state index is 14.1. The number of nitrogens with zero attached hydrogens (tertiary/aromatic N) is 1. The number of fused-ring (bicyclic) bond motifs is 1. The lowest BCUT2D eigenvalue weighted by atomic mass is 9.80. The highest BCUT2D eigenvalue weighted by Crippen LogP contribution is 2.43. The SMILES string of the molecule is CNCc1cc2c(cc1F)N(C)C(C)(C)CC2C. The Bertz CT molecular complexity index is 454. The number of hydrogen-bond donors (Lipinski definition) is 1. The average molecular weight is 250 g/mol. The molecule has 100 valence electrons. The topological polar surface area (TPSA) is 15.3 Å². The molecule has 1 aromatic rings. The van der Waals surface area contributed by atoms with Gasteiger partial charge in [-0.15, -0.1) is 0 Å². The number of nitrogens with one attached hydrogen (secondary N) is 1. The van der Waals surface area contributed by atoms with E-state index in [0.29, 0.717) is 12.5 Å². The van der Waals surface area contributed by atoms with Crippen molar-refractivity contribution in [2.75, 3.05) is 19.0 Å². The molecule has 0 saturated heterocycles. The van der Waals surface area contributed by atoms with E-state index in [2.05, 4.69) is 38.0 Å². The normalized spacial score (nSPS) is 21.9. The summed E-state index contributed by atoms with van der Waals surface area (Å²) in [6, 6.07) is 3.72. The first-order valence-corrected chi connectivity index (χ1v) is 6.57. The van der Waals surface area contributed by atoms with Crippen LogP contribution in [0.4, 0.5) is 10.1 Å². The molecule has 1 unspecified atom stereocenters. The van der Waals surface area contributed by atoms with Crippen LogP contribution in [0.5, 0.6) is 0 Å². The van der Waals surface area contributed by atoms with Gasteiger partial charge < -0.3 is 10.2 Å². The summed E-state index contributed by atoms with van der Waals surface area (Å²) in [4.78, 5) is 2.20. The number of anilines is 1. The Morgan fingerprint density at radius 3 is 2.72 bits per heavy atom. The molecule has 1 atom stereocenters. The molecule has 0 radical (unpaired) electrons. The summed E-state index contributed by atoms with van der Waals surface area (Å²) in [5.41, 5.74) is 3.15. The van der Waals surface area contributed by atoms with E-state index in [4.69, 9.17) is 0 Å². The van der Waals surface area contributed by atoms with Gasteiger partial charge in [-0.3, -0.25) is 0 Å². The second-order valence-electron chi connectivity index (χ2n) is 6.01. The summed E-state index contributed by atoms with van der Waals surface area (Å²) in [5.74, 6) is 0.363. The molecule has 0 spiro atoms. The van der Waals surface area contributed by atoms with Crippen molar-refractivity contribution in [1.82, 2.24) is 5.32 Å². The smallest absolute Gasteiger partial charge is 0.129 e. The van der Waals surface area contributed by atoms with Crippen LogP contribution in [0, 0.1) is 5.82 Å². The van der Waals surface area contributed by atoms with Crippen LogP contribution in [0.15, 0.2) is 12.1 Å². The largest absolute Gasteiger partial charge is 0.369 e. The molecule has 3 heteroatoms. The van der Waals surface area contributed by atoms with Crippen LogP contribution in [-0.2, 0) is 6.54 Å². The molecule has 2 nitrogen and oxygen atoms in total. The zero-order valence-electron chi connectivity index (χ0n) is 12.0. The predicted molar refractivity (Wildman–Crippen MR) is 74.7 cm³/mol. The van der Waals surface area contributed by atoms with Gasteiger partial charge in [0.25, 0.3) is 0 Å². The van der Waals surface area contributed by atoms with Crippen LogP contribution in [0.25, 0.3) is 0 Å². The van der Waals surface area contributed by atoms with Crippen LogP contribution >= 0.6 is 0 Å². The van der Waals surface area contributed by atoms with E-state index in [1.807, 2.05) is 13.1 Å². The average Bonchev–Trinajstić information content (AvgIpc) is 2.28. The Morgan fingerprint density at radius 2 is 2.11 bits per heavy atom. The molecule has 1 aliphatic rings. The predicted octanol–water partition coefficient (Wildman–Crippen LogP) is 3.27. The highest BCUT2D eigenvalue weighted by molar-refractivity contribution is 5.60. The minimum atomic E-state index is -0.111. The van der Waals surface area contributed by atoms with Crippen LogP contribution in [-0.4, -0.2) is 19.6 Å². The van der Waals surface area contributed by atoms with Crippen molar-refractivity contribution < 1.29 is 4.39 Å². The molecular weight excluding hydrogens is 227 g/mol. The maximum absolute atomic E-state index is 14.1. The van der Waals surface area contributed by atoms with E-state index >= 15 is 0 Å². The van der Waals surface area contributed by atoms with Crippen molar-refractivity contribution in [1.29, 1.82) is 0 Å². The maximum Gasteiger partial charge on any atom is 0.129 e. The number of benzene rings is 1. The molecule has 18 heavy (non-hydrogen) atoms. The van der Waals surface area contributed by atoms with E-state index in [1.165, 1.54) is 5.56 Å². The molecule has 0 aliphatic carbocycles. The molecule has 0 amide bonds. The van der Waals surface area contributed by atoms with Crippen molar-refractivity contribution in [3.63, 3.8) is 0 Å². The molecule has 0 bridgehead atoms. The molecule has 0 fully saturated rings. The van der Waals surface area contributed by atoms with Crippen molar-refractivity contribution in [3.8, 4) is 0 Å². The summed E-state index contributed by atoms with van der Waals surface area (Å²) in [7, 11) is 3.90. The minimum absolute atomic E-state index is 0.0867. The molecule has 1 heterocycles. The Hall–Kier alpha value is -1.09. The Labute approximate surface area is 109 Å². The van der Waals surface area contributed by atoms with E-state index in [0.717, 1.165) is 17.7 Å². The number of rotatable bonds is 2. The van der Waals surface area contributed by atoms with Gasteiger partial charge in [0.15, 0.2) is 0 Å². The lowest BCUT2D eigenvalue weighted by Gasteiger charge is -2.45. The van der Waals surface area contributed by atoms with Crippen LogP contribution in [0.2, 0.25) is 0 Å². The summed E-state index contributed by atoms with van der Waals surface area (Å²) >= 11 is 0. The Morgan fingerprint density at radius 1 is 1.44 bits per heavy atom. The summed E-state index contributed by atoms with van der Waals surface area (Å²) < 4.78 is 14.1. The van der Waals surface area contributed by atoms with Gasteiger partial charge in [0, 0.05) is 30.4 Å². The van der Waals surface area contributed by atoms with Crippen molar-refractivity contribution >= 4 is 5.69 Å². The Balaban J connectivity index is 2.51. The number of hydrogen-bond acceptors (Lipinski definition) is 2. The van der Waals surface area contributed by atoms with Crippen molar-refractivity contribution in [2.45, 2.75) is 45.2 Å². The van der Waals surface area contributed by atoms with Crippen molar-refractivity contribution in [3.05, 3.63) is 29.1 Å². The third kappa shape index (κ3) is 2.12. The fraction of sp³-hybridized carbons (Fsp3) is 0.600. The van der Waals surface area contributed by atoms with Crippen LogP contribution < -0.4 is 10.2 Å². The van der Waals surface area contributed by atoms with E-state index in [9.17, 15) is 4.39 Å². The molecular formula is C15H23FN2. The highest BCUT2D eigenvalue weighted by Gasteiger charge is 2.34. The van der Waals surface area contributed by atoms with Gasteiger partial charge >= 0.3 is 0 Å². The second kappa shape index (κ2) is 4.54. The minimum Gasteiger partial charge on any atom is -0.369 e. The standard InChI is InChI=1S/C15H23FN2/c1-10-8-15(2,3)18(5)14-7-13(16)11(9-17-4)6-12(10)14/h6-7,10,17H,8-9H2,1-5H3. The fourth-order valence-electron chi connectivity index (χ4n) is 2.96. The zero-order valence-corrected chi connectivity index (χ0v) is 12.0. The van der Waals surface area contributed by atoms with E-state index in [1.54, 1.807) is 6.07 Å². The second-order valence-corrected chi connectivity index (χ2v) is 6.01. The molecule has 1 aliphatic heterocycles.